The van der Waals surface area contributed by atoms with Gasteiger partial charge in [-0.15, -0.1) is 11.3 Å². The summed E-state index contributed by atoms with van der Waals surface area (Å²) in [5.41, 5.74) is 2.81. The number of sulfonamides is 1. The van der Waals surface area contributed by atoms with Crippen molar-refractivity contribution in [2.75, 3.05) is 41.9 Å². The zero-order chi connectivity index (χ0) is 26.0. The van der Waals surface area contributed by atoms with Gasteiger partial charge in [0, 0.05) is 43.1 Å². The van der Waals surface area contributed by atoms with Crippen molar-refractivity contribution in [3.8, 4) is 0 Å². The molecule has 0 atom stereocenters. The number of anilines is 2. The third-order valence-corrected chi connectivity index (χ3v) is 9.67. The Hall–Kier alpha value is -3.36. The molecule has 0 spiro atoms. The number of amides is 1. The van der Waals surface area contributed by atoms with Crippen molar-refractivity contribution in [1.29, 1.82) is 0 Å². The molecule has 0 bridgehead atoms. The monoisotopic (exact) mass is 533 g/mol. The van der Waals surface area contributed by atoms with Gasteiger partial charge >= 0.3 is 0 Å². The van der Waals surface area contributed by atoms with Crippen LogP contribution < -0.4 is 9.21 Å². The minimum atomic E-state index is -3.70. The molecule has 8 heteroatoms. The molecule has 0 unspecified atom stereocenters. The molecule has 3 aromatic carbocycles. The molecule has 1 amide bonds. The number of hydrogen-bond donors (Lipinski definition) is 0. The molecule has 0 saturated carbocycles. The van der Waals surface area contributed by atoms with Crippen LogP contribution in [0.15, 0.2) is 83.8 Å². The highest BCUT2D eigenvalue weighted by atomic mass is 32.2. The van der Waals surface area contributed by atoms with Gasteiger partial charge in [0.2, 0.25) is 0 Å². The fourth-order valence-electron chi connectivity index (χ4n) is 4.68. The third kappa shape index (κ3) is 5.22. The molecular formula is C29H31N3O3S2. The lowest BCUT2D eigenvalue weighted by atomic mass is 10.2. The summed E-state index contributed by atoms with van der Waals surface area (Å²) in [6, 6.07) is 24.8. The number of carbonyl (C=O) groups is 1. The fraction of sp³-hybridized carbons (Fsp3) is 0.276. The molecule has 0 N–H and O–H groups in total. The Bertz CT molecular complexity index is 1490. The number of hydrogen-bond acceptors (Lipinski definition) is 5. The minimum absolute atomic E-state index is 0.0353. The summed E-state index contributed by atoms with van der Waals surface area (Å²) in [5.74, 6) is 0.0353. The highest BCUT2D eigenvalue weighted by molar-refractivity contribution is 7.92. The van der Waals surface area contributed by atoms with E-state index in [2.05, 4.69) is 17.0 Å². The maximum absolute atomic E-state index is 13.5. The SMILES string of the molecule is CCCN(c1ccc2sc(C(=O)N3CCN(c4ccccc4)CC3)cc2c1)S(=O)(=O)c1ccc(C)cc1. The number of rotatable bonds is 7. The van der Waals surface area contributed by atoms with E-state index < -0.39 is 10.0 Å². The van der Waals surface area contributed by atoms with E-state index in [0.29, 0.717) is 36.6 Å². The molecule has 0 aliphatic carbocycles. The molecule has 1 aliphatic heterocycles. The number of carbonyl (C=O) groups excluding carboxylic acids is 1. The average molecular weight is 534 g/mol. The largest absolute Gasteiger partial charge is 0.368 e. The number of piperazine rings is 1. The second-order valence-corrected chi connectivity index (χ2v) is 12.3. The third-order valence-electron chi connectivity index (χ3n) is 6.72. The molecule has 37 heavy (non-hydrogen) atoms. The van der Waals surface area contributed by atoms with Gasteiger partial charge in [0.15, 0.2) is 0 Å². The first-order valence-electron chi connectivity index (χ1n) is 12.6. The van der Waals surface area contributed by atoms with Crippen molar-refractivity contribution in [3.63, 3.8) is 0 Å². The van der Waals surface area contributed by atoms with E-state index in [9.17, 15) is 13.2 Å². The van der Waals surface area contributed by atoms with Crippen molar-refractivity contribution in [1.82, 2.24) is 4.90 Å². The molecule has 6 nitrogen and oxygen atoms in total. The van der Waals surface area contributed by atoms with Gasteiger partial charge in [-0.25, -0.2) is 8.42 Å². The van der Waals surface area contributed by atoms with Crippen LogP contribution in [-0.4, -0.2) is 51.9 Å². The van der Waals surface area contributed by atoms with Gasteiger partial charge in [-0.3, -0.25) is 9.10 Å². The fourth-order valence-corrected chi connectivity index (χ4v) is 7.24. The Kier molecular flexibility index (Phi) is 7.22. The van der Waals surface area contributed by atoms with E-state index in [1.807, 2.05) is 73.3 Å². The summed E-state index contributed by atoms with van der Waals surface area (Å²) in [6.45, 7) is 7.23. The number of para-hydroxylation sites is 1. The van der Waals surface area contributed by atoms with Crippen molar-refractivity contribution in [3.05, 3.63) is 89.3 Å². The van der Waals surface area contributed by atoms with Gasteiger partial charge in [0.05, 0.1) is 15.5 Å². The lowest BCUT2D eigenvalue weighted by Gasteiger charge is -2.35. The van der Waals surface area contributed by atoms with E-state index in [1.165, 1.54) is 21.3 Å². The van der Waals surface area contributed by atoms with Crippen LogP contribution in [0.2, 0.25) is 0 Å². The summed E-state index contributed by atoms with van der Waals surface area (Å²) < 4.78 is 29.4. The molecule has 1 saturated heterocycles. The van der Waals surface area contributed by atoms with E-state index in [4.69, 9.17) is 0 Å². The number of nitrogens with zero attached hydrogens (tertiary/aromatic N) is 3. The van der Waals surface area contributed by atoms with Crippen LogP contribution in [0.25, 0.3) is 10.1 Å². The van der Waals surface area contributed by atoms with Crippen molar-refractivity contribution in [2.45, 2.75) is 25.2 Å². The first-order chi connectivity index (χ1) is 17.9. The van der Waals surface area contributed by atoms with Gasteiger partial charge in [-0.1, -0.05) is 42.8 Å². The molecule has 5 rings (SSSR count). The molecule has 0 radical (unpaired) electrons. The Morgan fingerprint density at radius 2 is 1.62 bits per heavy atom. The van der Waals surface area contributed by atoms with Crippen LogP contribution in [0.5, 0.6) is 0 Å². The molecule has 192 valence electrons. The second-order valence-electron chi connectivity index (χ2n) is 9.34. The van der Waals surface area contributed by atoms with Crippen LogP contribution >= 0.6 is 11.3 Å². The van der Waals surface area contributed by atoms with E-state index in [0.717, 1.165) is 28.7 Å². The van der Waals surface area contributed by atoms with Gasteiger partial charge < -0.3 is 9.80 Å². The van der Waals surface area contributed by atoms with E-state index >= 15 is 0 Å². The Morgan fingerprint density at radius 1 is 0.919 bits per heavy atom. The van der Waals surface area contributed by atoms with E-state index in [1.54, 1.807) is 12.1 Å². The molecule has 4 aromatic rings. The van der Waals surface area contributed by atoms with Gasteiger partial charge in [0.25, 0.3) is 15.9 Å². The first kappa shape index (κ1) is 25.3. The summed E-state index contributed by atoms with van der Waals surface area (Å²) in [6.07, 6.45) is 0.686. The van der Waals surface area contributed by atoms with Crippen LogP contribution in [0.4, 0.5) is 11.4 Å². The molecule has 2 heterocycles. The second kappa shape index (κ2) is 10.6. The van der Waals surface area contributed by atoms with Gasteiger partial charge in [-0.05, 0) is 67.3 Å². The number of fused-ring (bicyclic) bond motifs is 1. The Balaban J connectivity index is 1.36. The van der Waals surface area contributed by atoms with Crippen LogP contribution in [0.1, 0.15) is 28.6 Å². The zero-order valence-corrected chi connectivity index (χ0v) is 22.8. The van der Waals surface area contributed by atoms with Crippen molar-refractivity contribution >= 4 is 48.7 Å². The minimum Gasteiger partial charge on any atom is -0.368 e. The lowest BCUT2D eigenvalue weighted by molar-refractivity contribution is 0.0751. The quantitative estimate of drug-likeness (QED) is 0.302. The standard InChI is InChI=1S/C29H31N3O3S2/c1-3-15-32(37(34,35)26-12-9-22(2)10-13-26)25-11-14-27-23(20-25)21-28(36-27)29(33)31-18-16-30(17-19-31)24-7-5-4-6-8-24/h4-14,20-21H,3,15-19H2,1-2H3. The summed E-state index contributed by atoms with van der Waals surface area (Å²) in [4.78, 5) is 18.5. The van der Waals surface area contributed by atoms with Gasteiger partial charge in [0.1, 0.15) is 0 Å². The molecular weight excluding hydrogens is 502 g/mol. The van der Waals surface area contributed by atoms with Crippen LogP contribution in [0.3, 0.4) is 0 Å². The summed E-state index contributed by atoms with van der Waals surface area (Å²) >= 11 is 1.46. The highest BCUT2D eigenvalue weighted by Gasteiger charge is 2.26. The molecule has 1 fully saturated rings. The Labute approximate surface area is 222 Å². The predicted molar refractivity (Wildman–Crippen MR) is 152 cm³/mol. The van der Waals surface area contributed by atoms with Crippen LogP contribution in [0, 0.1) is 6.92 Å². The predicted octanol–water partition coefficient (Wildman–Crippen LogP) is 5.78. The van der Waals surface area contributed by atoms with E-state index in [-0.39, 0.29) is 10.8 Å². The number of benzene rings is 3. The topological polar surface area (TPSA) is 60.9 Å². The van der Waals surface area contributed by atoms with Crippen molar-refractivity contribution < 1.29 is 13.2 Å². The number of aryl methyl sites for hydroxylation is 1. The average Bonchev–Trinajstić information content (AvgIpc) is 3.35. The number of thiophene rings is 1. The van der Waals surface area contributed by atoms with Gasteiger partial charge in [-0.2, -0.15) is 0 Å². The zero-order valence-electron chi connectivity index (χ0n) is 21.1. The highest BCUT2D eigenvalue weighted by Crippen LogP contribution is 2.33. The molecule has 1 aliphatic rings. The van der Waals surface area contributed by atoms with Crippen molar-refractivity contribution in [2.24, 2.45) is 0 Å². The lowest BCUT2D eigenvalue weighted by Crippen LogP contribution is -2.48. The maximum Gasteiger partial charge on any atom is 0.264 e. The summed E-state index contributed by atoms with van der Waals surface area (Å²) in [5, 5.41) is 0.883. The smallest absolute Gasteiger partial charge is 0.264 e. The Morgan fingerprint density at radius 3 is 2.30 bits per heavy atom. The molecule has 1 aromatic heterocycles. The first-order valence-corrected chi connectivity index (χ1v) is 14.8. The summed E-state index contributed by atoms with van der Waals surface area (Å²) in [7, 11) is -3.70. The normalized spacial score (nSPS) is 14.2. The van der Waals surface area contributed by atoms with Crippen LogP contribution in [-0.2, 0) is 10.0 Å². The maximum atomic E-state index is 13.5.